The van der Waals surface area contributed by atoms with Crippen LogP contribution in [-0.2, 0) is 6.42 Å². The molecule has 0 spiro atoms. The van der Waals surface area contributed by atoms with Gasteiger partial charge >= 0.3 is 0 Å². The second kappa shape index (κ2) is 6.21. The molecule has 1 aliphatic heterocycles. The summed E-state index contributed by atoms with van der Waals surface area (Å²) in [7, 11) is 0. The summed E-state index contributed by atoms with van der Waals surface area (Å²) in [6.07, 6.45) is 2.10. The lowest BCUT2D eigenvalue weighted by molar-refractivity contribution is 0.258. The van der Waals surface area contributed by atoms with Crippen LogP contribution < -0.4 is 0 Å². The molecule has 1 aliphatic rings. The molecule has 104 valence electrons. The minimum absolute atomic E-state index is 0.190. The molecular formula is C17H17ClOS. The van der Waals surface area contributed by atoms with Crippen molar-refractivity contribution in [3.05, 3.63) is 64.7 Å². The molecule has 2 aromatic rings. The van der Waals surface area contributed by atoms with Crippen LogP contribution in [0.15, 0.2) is 53.4 Å². The summed E-state index contributed by atoms with van der Waals surface area (Å²) in [5.41, 5.74) is 2.61. The van der Waals surface area contributed by atoms with Gasteiger partial charge in [-0.05, 0) is 42.2 Å². The van der Waals surface area contributed by atoms with E-state index in [1.807, 2.05) is 36.0 Å². The Hall–Kier alpha value is -0.960. The first kappa shape index (κ1) is 14.0. The third-order valence-electron chi connectivity index (χ3n) is 3.82. The molecule has 3 heteroatoms. The highest BCUT2D eigenvalue weighted by Gasteiger charge is 2.25. The molecule has 0 amide bonds. The Bertz CT molecular complexity index is 557. The van der Waals surface area contributed by atoms with Gasteiger partial charge in [-0.3, -0.25) is 0 Å². The molecule has 2 atom stereocenters. The fourth-order valence-corrected chi connectivity index (χ4v) is 4.29. The molecule has 0 bridgehead atoms. The molecule has 1 heterocycles. The van der Waals surface area contributed by atoms with Crippen LogP contribution in [-0.4, -0.2) is 17.0 Å². The first-order chi connectivity index (χ1) is 9.76. The summed E-state index contributed by atoms with van der Waals surface area (Å²) in [6.45, 7) is 0.190. The van der Waals surface area contributed by atoms with Crippen molar-refractivity contribution in [2.45, 2.75) is 28.9 Å². The van der Waals surface area contributed by atoms with Gasteiger partial charge in [-0.2, -0.15) is 0 Å². The van der Waals surface area contributed by atoms with Gasteiger partial charge in [-0.1, -0.05) is 41.9 Å². The van der Waals surface area contributed by atoms with Crippen LogP contribution in [0.25, 0.3) is 0 Å². The lowest BCUT2D eigenvalue weighted by atomic mass is 9.93. The summed E-state index contributed by atoms with van der Waals surface area (Å²) in [6, 6.07) is 16.4. The Balaban J connectivity index is 1.69. The predicted molar refractivity (Wildman–Crippen MR) is 85.7 cm³/mol. The van der Waals surface area contributed by atoms with Gasteiger partial charge < -0.3 is 5.11 Å². The van der Waals surface area contributed by atoms with Crippen molar-refractivity contribution in [3.8, 4) is 0 Å². The van der Waals surface area contributed by atoms with Crippen LogP contribution in [0.3, 0.4) is 0 Å². The molecule has 3 rings (SSSR count). The van der Waals surface area contributed by atoms with Crippen molar-refractivity contribution < 1.29 is 5.11 Å². The van der Waals surface area contributed by atoms with E-state index < -0.39 is 0 Å². The van der Waals surface area contributed by atoms with Crippen molar-refractivity contribution in [2.24, 2.45) is 0 Å². The predicted octanol–water partition coefficient (Wildman–Crippen LogP) is 4.52. The van der Waals surface area contributed by atoms with Crippen LogP contribution in [0.1, 0.15) is 23.5 Å². The monoisotopic (exact) mass is 304 g/mol. The molecular weight excluding hydrogens is 288 g/mol. The fraction of sp³-hybridized carbons (Fsp3) is 0.294. The summed E-state index contributed by atoms with van der Waals surface area (Å²) in [4.78, 5) is 1.39. The highest BCUT2D eigenvalue weighted by molar-refractivity contribution is 8.00. The van der Waals surface area contributed by atoms with Crippen LogP contribution >= 0.6 is 23.4 Å². The van der Waals surface area contributed by atoms with E-state index in [0.29, 0.717) is 5.25 Å². The molecule has 1 N–H and O–H groups in total. The van der Waals surface area contributed by atoms with Crippen molar-refractivity contribution in [2.75, 3.05) is 6.61 Å². The normalized spacial score (nSPS) is 18.8. The van der Waals surface area contributed by atoms with Gasteiger partial charge in [0.25, 0.3) is 0 Å². The SMILES string of the molecule is OCC(CC1Cc2ccccc2S1)c1ccc(Cl)cc1. The first-order valence-corrected chi connectivity index (χ1v) is 8.13. The molecule has 0 saturated heterocycles. The van der Waals surface area contributed by atoms with E-state index in [9.17, 15) is 5.11 Å². The van der Waals surface area contributed by atoms with Crippen molar-refractivity contribution in [1.29, 1.82) is 0 Å². The van der Waals surface area contributed by atoms with E-state index in [1.165, 1.54) is 16.0 Å². The second-order valence-corrected chi connectivity index (χ2v) is 7.00. The van der Waals surface area contributed by atoms with Gasteiger partial charge in [-0.25, -0.2) is 0 Å². The summed E-state index contributed by atoms with van der Waals surface area (Å²) >= 11 is 7.86. The largest absolute Gasteiger partial charge is 0.396 e. The zero-order chi connectivity index (χ0) is 13.9. The topological polar surface area (TPSA) is 20.2 Å². The zero-order valence-corrected chi connectivity index (χ0v) is 12.7. The van der Waals surface area contributed by atoms with Crippen molar-refractivity contribution >= 4 is 23.4 Å². The Morgan fingerprint density at radius 2 is 1.90 bits per heavy atom. The molecule has 0 saturated carbocycles. The number of thioether (sulfide) groups is 1. The van der Waals surface area contributed by atoms with Gasteiger partial charge in [0.1, 0.15) is 0 Å². The summed E-state index contributed by atoms with van der Waals surface area (Å²) in [5.74, 6) is 0.194. The van der Waals surface area contributed by atoms with E-state index in [1.54, 1.807) is 0 Å². The maximum absolute atomic E-state index is 9.68. The quantitative estimate of drug-likeness (QED) is 0.896. The summed E-state index contributed by atoms with van der Waals surface area (Å²) < 4.78 is 0. The van der Waals surface area contributed by atoms with Crippen molar-refractivity contribution in [1.82, 2.24) is 0 Å². The first-order valence-electron chi connectivity index (χ1n) is 6.87. The smallest absolute Gasteiger partial charge is 0.0500 e. The highest BCUT2D eigenvalue weighted by Crippen LogP contribution is 2.41. The molecule has 0 aromatic heterocycles. The lowest BCUT2D eigenvalue weighted by Crippen LogP contribution is -2.12. The van der Waals surface area contributed by atoms with Crippen LogP contribution in [0.4, 0.5) is 0 Å². The molecule has 20 heavy (non-hydrogen) atoms. The van der Waals surface area contributed by atoms with Crippen LogP contribution in [0, 0.1) is 0 Å². The summed E-state index contributed by atoms with van der Waals surface area (Å²) in [5, 5.41) is 11.0. The standard InChI is InChI=1S/C17H17ClOS/c18-15-7-5-12(6-8-15)14(11-19)10-16-9-13-3-1-2-4-17(13)20-16/h1-8,14,16,19H,9-11H2. The van der Waals surface area contributed by atoms with E-state index in [2.05, 4.69) is 24.3 Å². The van der Waals surface area contributed by atoms with E-state index >= 15 is 0 Å². The molecule has 1 nitrogen and oxygen atoms in total. The number of rotatable bonds is 4. The molecule has 0 radical (unpaired) electrons. The lowest BCUT2D eigenvalue weighted by Gasteiger charge is -2.18. The molecule has 0 aliphatic carbocycles. The number of benzene rings is 2. The van der Waals surface area contributed by atoms with Gasteiger partial charge in [0.05, 0.1) is 0 Å². The second-order valence-electron chi connectivity index (χ2n) is 5.22. The third kappa shape index (κ3) is 3.03. The average molecular weight is 305 g/mol. The van der Waals surface area contributed by atoms with E-state index in [4.69, 9.17) is 11.6 Å². The van der Waals surface area contributed by atoms with E-state index in [-0.39, 0.29) is 12.5 Å². The zero-order valence-electron chi connectivity index (χ0n) is 11.1. The van der Waals surface area contributed by atoms with Crippen molar-refractivity contribution in [3.63, 3.8) is 0 Å². The fourth-order valence-electron chi connectivity index (χ4n) is 2.75. The van der Waals surface area contributed by atoms with Crippen LogP contribution in [0.5, 0.6) is 0 Å². The average Bonchev–Trinajstić information content (AvgIpc) is 2.88. The Labute approximate surface area is 129 Å². The maximum Gasteiger partial charge on any atom is 0.0500 e. The number of halogens is 1. The highest BCUT2D eigenvalue weighted by atomic mass is 35.5. The Kier molecular flexibility index (Phi) is 4.35. The number of aliphatic hydroxyl groups is 1. The van der Waals surface area contributed by atoms with Crippen LogP contribution in [0.2, 0.25) is 5.02 Å². The third-order valence-corrected chi connectivity index (χ3v) is 5.42. The number of fused-ring (bicyclic) bond motifs is 1. The van der Waals surface area contributed by atoms with Gasteiger partial charge in [0, 0.05) is 27.7 Å². The maximum atomic E-state index is 9.68. The van der Waals surface area contributed by atoms with E-state index in [0.717, 1.165) is 17.9 Å². The number of hydrogen-bond donors (Lipinski definition) is 1. The Morgan fingerprint density at radius 1 is 1.15 bits per heavy atom. The minimum atomic E-state index is 0.190. The van der Waals surface area contributed by atoms with Gasteiger partial charge in [0.15, 0.2) is 0 Å². The Morgan fingerprint density at radius 3 is 2.60 bits per heavy atom. The molecule has 2 aromatic carbocycles. The number of aliphatic hydroxyl groups excluding tert-OH is 1. The van der Waals surface area contributed by atoms with Gasteiger partial charge in [0.2, 0.25) is 0 Å². The minimum Gasteiger partial charge on any atom is -0.396 e. The van der Waals surface area contributed by atoms with Gasteiger partial charge in [-0.15, -0.1) is 11.8 Å². The molecule has 2 unspecified atom stereocenters. The number of hydrogen-bond acceptors (Lipinski definition) is 2. The molecule has 0 fully saturated rings.